The Hall–Kier alpha value is -2.54. The Morgan fingerprint density at radius 2 is 1.97 bits per heavy atom. The fourth-order valence-electron chi connectivity index (χ4n) is 5.02. The summed E-state index contributed by atoms with van der Waals surface area (Å²) in [6.07, 6.45) is 5.10. The molecule has 1 aliphatic heterocycles. The smallest absolute Gasteiger partial charge is 0.264 e. The van der Waals surface area contributed by atoms with Gasteiger partial charge in [0.15, 0.2) is 0 Å². The average molecular weight is 441 g/mol. The van der Waals surface area contributed by atoms with Gasteiger partial charge in [-0.2, -0.15) is 0 Å². The molecule has 0 unspecified atom stereocenters. The van der Waals surface area contributed by atoms with Crippen LogP contribution in [0.25, 0.3) is 0 Å². The first kappa shape index (κ1) is 20.4. The summed E-state index contributed by atoms with van der Waals surface area (Å²) in [5.74, 6) is 0.743. The largest absolute Gasteiger partial charge is 0.496 e. The van der Waals surface area contributed by atoms with Crippen molar-refractivity contribution in [1.82, 2.24) is 4.72 Å². The summed E-state index contributed by atoms with van der Waals surface area (Å²) < 4.78 is 34.5. The Bertz CT molecular complexity index is 1160. The summed E-state index contributed by atoms with van der Waals surface area (Å²) in [4.78, 5) is 13.6. The van der Waals surface area contributed by atoms with Crippen LogP contribution in [-0.2, 0) is 26.7 Å². The molecule has 2 aromatic carbocycles. The Balaban J connectivity index is 1.50. The van der Waals surface area contributed by atoms with Crippen molar-refractivity contribution in [3.63, 3.8) is 0 Å². The molecule has 2 fully saturated rings. The number of rotatable bonds is 6. The zero-order chi connectivity index (χ0) is 21.8. The summed E-state index contributed by atoms with van der Waals surface area (Å²) in [5.41, 5.74) is 3.90. The summed E-state index contributed by atoms with van der Waals surface area (Å²) in [5, 5.41) is 3.25. The number of nitrogens with one attached hydrogen (secondary N) is 2. The Labute approximate surface area is 183 Å². The predicted molar refractivity (Wildman–Crippen MR) is 119 cm³/mol. The first-order valence-corrected chi connectivity index (χ1v) is 12.5. The second-order valence-corrected chi connectivity index (χ2v) is 10.6. The van der Waals surface area contributed by atoms with Gasteiger partial charge in [0.05, 0.1) is 17.4 Å². The van der Waals surface area contributed by atoms with Crippen molar-refractivity contribution in [3.8, 4) is 5.75 Å². The average Bonchev–Trinajstić information content (AvgIpc) is 3.67. The van der Waals surface area contributed by atoms with Gasteiger partial charge in [0.25, 0.3) is 10.0 Å². The van der Waals surface area contributed by atoms with E-state index in [1.54, 1.807) is 19.2 Å². The summed E-state index contributed by atoms with van der Waals surface area (Å²) >= 11 is 0. The molecule has 1 heterocycles. The van der Waals surface area contributed by atoms with E-state index in [9.17, 15) is 13.2 Å². The van der Waals surface area contributed by atoms with E-state index in [0.717, 1.165) is 48.2 Å². The number of fused-ring (bicyclic) bond motifs is 1. The van der Waals surface area contributed by atoms with Crippen LogP contribution in [0.1, 0.15) is 60.3 Å². The molecule has 0 aromatic heterocycles. The van der Waals surface area contributed by atoms with Crippen LogP contribution in [0, 0.1) is 6.92 Å². The third-order valence-corrected chi connectivity index (χ3v) is 8.35. The van der Waals surface area contributed by atoms with Crippen molar-refractivity contribution < 1.29 is 17.9 Å². The van der Waals surface area contributed by atoms with Gasteiger partial charge in [-0.15, -0.1) is 0 Å². The monoisotopic (exact) mass is 440 g/mol. The number of carbonyl (C=O) groups excluding carboxylic acids is 1. The highest BCUT2D eigenvalue weighted by molar-refractivity contribution is 7.90. The summed E-state index contributed by atoms with van der Waals surface area (Å²) in [7, 11) is -2.38. The van der Waals surface area contributed by atoms with Gasteiger partial charge in [-0.25, -0.2) is 13.1 Å². The molecule has 2 aromatic rings. The highest BCUT2D eigenvalue weighted by Gasteiger charge is 2.55. The lowest BCUT2D eigenvalue weighted by molar-refractivity contribution is -0.121. The molecule has 0 spiro atoms. The SMILES string of the molecule is COc1ccc(C2CC2)c(C)c1C1(C(=O)NS(=O)(=O)c2cccc3c2CCCN3)CC1. The van der Waals surface area contributed by atoms with Crippen LogP contribution in [0.15, 0.2) is 35.2 Å². The van der Waals surface area contributed by atoms with E-state index in [1.807, 2.05) is 19.1 Å². The Kier molecular flexibility index (Phi) is 4.77. The number of amides is 1. The molecule has 0 radical (unpaired) electrons. The standard InChI is InChI=1S/C24H28N2O4S/c1-15-17(16-8-9-16)10-11-20(30-2)22(15)24(12-13-24)23(27)26-31(28,29)21-7-3-6-19-18(21)5-4-14-25-19/h3,6-7,10-11,16,25H,4-5,8-9,12-14H2,1-2H3,(H,26,27). The van der Waals surface area contributed by atoms with E-state index in [1.165, 1.54) is 5.56 Å². The number of methoxy groups -OCH3 is 1. The Morgan fingerprint density at radius 3 is 2.65 bits per heavy atom. The lowest BCUT2D eigenvalue weighted by Crippen LogP contribution is -2.40. The number of ether oxygens (including phenoxy) is 1. The topological polar surface area (TPSA) is 84.5 Å². The summed E-state index contributed by atoms with van der Waals surface area (Å²) in [6, 6.07) is 9.20. The van der Waals surface area contributed by atoms with Gasteiger partial charge in [0, 0.05) is 17.8 Å². The van der Waals surface area contributed by atoms with Gasteiger partial charge in [0.2, 0.25) is 5.91 Å². The van der Waals surface area contributed by atoms with Gasteiger partial charge < -0.3 is 10.1 Å². The molecule has 7 heteroatoms. The second-order valence-electron chi connectivity index (χ2n) is 8.96. The van der Waals surface area contributed by atoms with Crippen LogP contribution in [0.4, 0.5) is 5.69 Å². The van der Waals surface area contributed by atoms with Gasteiger partial charge in [-0.05, 0) is 86.3 Å². The number of sulfonamides is 1. The number of benzene rings is 2. The molecule has 0 saturated heterocycles. The van der Waals surface area contributed by atoms with Gasteiger partial charge >= 0.3 is 0 Å². The quantitative estimate of drug-likeness (QED) is 0.714. The number of anilines is 1. The molecule has 2 saturated carbocycles. The van der Waals surface area contributed by atoms with E-state index in [-0.39, 0.29) is 4.90 Å². The Morgan fingerprint density at radius 1 is 1.19 bits per heavy atom. The van der Waals surface area contributed by atoms with Crippen LogP contribution < -0.4 is 14.8 Å². The van der Waals surface area contributed by atoms with Crippen LogP contribution >= 0.6 is 0 Å². The van der Waals surface area contributed by atoms with Crippen molar-refractivity contribution in [1.29, 1.82) is 0 Å². The van der Waals surface area contributed by atoms with E-state index in [4.69, 9.17) is 4.74 Å². The third kappa shape index (κ3) is 3.39. The first-order chi connectivity index (χ1) is 14.9. The minimum atomic E-state index is -3.98. The molecule has 3 aliphatic rings. The van der Waals surface area contributed by atoms with E-state index in [2.05, 4.69) is 16.1 Å². The zero-order valence-corrected chi connectivity index (χ0v) is 18.8. The number of carbonyl (C=O) groups is 1. The highest BCUT2D eigenvalue weighted by atomic mass is 32.2. The van der Waals surface area contributed by atoms with Crippen molar-refractivity contribution in [2.75, 3.05) is 19.0 Å². The molecule has 2 N–H and O–H groups in total. The lowest BCUT2D eigenvalue weighted by Gasteiger charge is -2.24. The molecule has 1 amide bonds. The van der Waals surface area contributed by atoms with Crippen LogP contribution in [0.3, 0.4) is 0 Å². The summed E-state index contributed by atoms with van der Waals surface area (Å²) in [6.45, 7) is 2.86. The number of hydrogen-bond donors (Lipinski definition) is 2. The molecule has 0 atom stereocenters. The molecule has 2 aliphatic carbocycles. The van der Waals surface area contributed by atoms with Gasteiger partial charge in [-0.3, -0.25) is 4.79 Å². The molecule has 164 valence electrons. The molecular weight excluding hydrogens is 412 g/mol. The molecule has 5 rings (SSSR count). The third-order valence-electron chi connectivity index (χ3n) is 6.94. The fraction of sp³-hybridized carbons (Fsp3) is 0.458. The normalized spacial score (nSPS) is 19.2. The minimum Gasteiger partial charge on any atom is -0.496 e. The van der Waals surface area contributed by atoms with Gasteiger partial charge in [0.1, 0.15) is 5.75 Å². The minimum absolute atomic E-state index is 0.191. The van der Waals surface area contributed by atoms with Crippen molar-refractivity contribution in [2.24, 2.45) is 0 Å². The van der Waals surface area contributed by atoms with Gasteiger partial charge in [-0.1, -0.05) is 12.1 Å². The predicted octanol–water partition coefficient (Wildman–Crippen LogP) is 3.78. The lowest BCUT2D eigenvalue weighted by atomic mass is 9.86. The van der Waals surface area contributed by atoms with Crippen LogP contribution in [-0.4, -0.2) is 28.0 Å². The zero-order valence-electron chi connectivity index (χ0n) is 18.0. The maximum absolute atomic E-state index is 13.4. The van der Waals surface area contributed by atoms with Crippen LogP contribution in [0.5, 0.6) is 5.75 Å². The fourth-order valence-corrected chi connectivity index (χ4v) is 6.37. The first-order valence-electron chi connectivity index (χ1n) is 11.0. The van der Waals surface area contributed by atoms with Crippen molar-refractivity contribution in [2.45, 2.75) is 61.7 Å². The van der Waals surface area contributed by atoms with Crippen molar-refractivity contribution in [3.05, 3.63) is 52.6 Å². The molecule has 31 heavy (non-hydrogen) atoms. The molecule has 6 nitrogen and oxygen atoms in total. The number of hydrogen-bond acceptors (Lipinski definition) is 5. The maximum atomic E-state index is 13.4. The van der Waals surface area contributed by atoms with E-state index < -0.39 is 21.3 Å². The van der Waals surface area contributed by atoms with E-state index >= 15 is 0 Å². The molecule has 0 bridgehead atoms. The van der Waals surface area contributed by atoms with Crippen LogP contribution in [0.2, 0.25) is 0 Å². The highest BCUT2D eigenvalue weighted by Crippen LogP contribution is 2.55. The maximum Gasteiger partial charge on any atom is 0.264 e. The van der Waals surface area contributed by atoms with Crippen molar-refractivity contribution >= 4 is 21.6 Å². The molecular formula is C24H28N2O4S. The van der Waals surface area contributed by atoms with E-state index in [0.29, 0.717) is 30.9 Å². The second kappa shape index (κ2) is 7.26.